The first-order valence-corrected chi connectivity index (χ1v) is 17.8. The molecular weight excluding hydrogens is 697 g/mol. The fraction of sp³-hybridized carbons (Fsp3) is 0.325. The largest absolute Gasteiger partial charge is 0.493 e. The van der Waals surface area contributed by atoms with Crippen LogP contribution in [0.1, 0.15) is 40.7 Å². The number of nitrogens with one attached hydrogen (secondary N) is 2. The van der Waals surface area contributed by atoms with Crippen LogP contribution >= 0.6 is 0 Å². The Kier molecular flexibility index (Phi) is 10.6. The Balaban J connectivity index is 1.10. The second-order valence-corrected chi connectivity index (χ2v) is 13.5. The summed E-state index contributed by atoms with van der Waals surface area (Å²) in [6, 6.07) is 19.2. The monoisotopic (exact) mass is 737 g/mol. The SMILES string of the molecule is COc1ccc2cc1Oc1cc(F)cc(c1)CNC(=O)C1(CCN(C(=O)C3CC(=O)N(Cc4ccncc4)C3)CC1)Oc1ccc(cc1)OCCNC2=O. The van der Waals surface area contributed by atoms with E-state index >= 15 is 0 Å². The Morgan fingerprint density at radius 3 is 2.46 bits per heavy atom. The van der Waals surface area contributed by atoms with Crippen molar-refractivity contribution in [3.8, 4) is 28.7 Å². The van der Waals surface area contributed by atoms with Gasteiger partial charge in [-0.2, -0.15) is 0 Å². The van der Waals surface area contributed by atoms with Crippen LogP contribution in [-0.2, 0) is 27.5 Å². The van der Waals surface area contributed by atoms with E-state index in [-0.39, 0.29) is 81.3 Å². The molecule has 6 bridgehead atoms. The molecule has 1 atom stereocenters. The lowest BCUT2D eigenvalue weighted by molar-refractivity contribution is -0.148. The van der Waals surface area contributed by atoms with Gasteiger partial charge in [0, 0.05) is 76.0 Å². The van der Waals surface area contributed by atoms with Crippen molar-refractivity contribution in [2.24, 2.45) is 5.92 Å². The Morgan fingerprint density at radius 2 is 1.70 bits per heavy atom. The highest BCUT2D eigenvalue weighted by atomic mass is 19.1. The van der Waals surface area contributed by atoms with Gasteiger partial charge >= 0.3 is 0 Å². The molecule has 4 aromatic rings. The molecule has 1 spiro atoms. The van der Waals surface area contributed by atoms with Gasteiger partial charge in [-0.3, -0.25) is 24.2 Å². The van der Waals surface area contributed by atoms with Crippen molar-refractivity contribution in [3.05, 3.63) is 108 Å². The molecule has 2 N–H and O–H groups in total. The number of likely N-dealkylation sites (tertiary alicyclic amines) is 2. The van der Waals surface area contributed by atoms with Gasteiger partial charge in [0.25, 0.3) is 11.8 Å². The molecular formula is C40H40FN5O8. The van der Waals surface area contributed by atoms with Crippen LogP contribution in [0, 0.1) is 11.7 Å². The summed E-state index contributed by atoms with van der Waals surface area (Å²) in [7, 11) is 1.46. The number of rotatable bonds is 4. The number of carbonyl (C=O) groups is 4. The van der Waals surface area contributed by atoms with E-state index in [1.165, 1.54) is 25.3 Å². The molecule has 2 fully saturated rings. The molecule has 54 heavy (non-hydrogen) atoms. The third kappa shape index (κ3) is 8.22. The zero-order valence-electron chi connectivity index (χ0n) is 29.7. The predicted octanol–water partition coefficient (Wildman–Crippen LogP) is 4.25. The number of pyridine rings is 1. The summed E-state index contributed by atoms with van der Waals surface area (Å²) < 4.78 is 38.6. The van der Waals surface area contributed by atoms with Crippen molar-refractivity contribution < 1.29 is 42.5 Å². The number of ether oxygens (including phenoxy) is 4. The van der Waals surface area contributed by atoms with E-state index < -0.39 is 23.2 Å². The third-order valence-electron chi connectivity index (χ3n) is 9.81. The molecule has 4 aliphatic heterocycles. The maximum atomic E-state index is 14.9. The molecule has 1 aromatic heterocycles. The van der Waals surface area contributed by atoms with Gasteiger partial charge in [0.05, 0.1) is 19.6 Å². The van der Waals surface area contributed by atoms with Crippen LogP contribution < -0.4 is 29.6 Å². The lowest BCUT2D eigenvalue weighted by Crippen LogP contribution is -2.58. The maximum absolute atomic E-state index is 14.9. The maximum Gasteiger partial charge on any atom is 0.264 e. The number of halogens is 1. The van der Waals surface area contributed by atoms with Gasteiger partial charge in [0.1, 0.15) is 29.7 Å². The number of carbonyl (C=O) groups excluding carboxylic acids is 4. The fourth-order valence-electron chi connectivity index (χ4n) is 6.94. The average Bonchev–Trinajstić information content (AvgIpc) is 3.55. The van der Waals surface area contributed by atoms with E-state index in [2.05, 4.69) is 15.6 Å². The number of aromatic nitrogens is 1. The summed E-state index contributed by atoms with van der Waals surface area (Å²) in [5, 5.41) is 5.73. The highest BCUT2D eigenvalue weighted by molar-refractivity contribution is 5.95. The molecule has 8 rings (SSSR count). The number of amides is 4. The van der Waals surface area contributed by atoms with Gasteiger partial charge in [-0.1, -0.05) is 0 Å². The Morgan fingerprint density at radius 1 is 0.944 bits per heavy atom. The second kappa shape index (κ2) is 15.8. The Bertz CT molecular complexity index is 2020. The summed E-state index contributed by atoms with van der Waals surface area (Å²) in [5.74, 6) is -0.459. The number of nitrogens with zero attached hydrogens (tertiary/aromatic N) is 3. The van der Waals surface area contributed by atoms with Crippen molar-refractivity contribution in [2.45, 2.75) is 38.0 Å². The molecule has 280 valence electrons. The van der Waals surface area contributed by atoms with Gasteiger partial charge in [0.2, 0.25) is 11.8 Å². The number of benzene rings is 3. The molecule has 5 heterocycles. The Hall–Kier alpha value is -6.18. The zero-order valence-corrected chi connectivity index (χ0v) is 29.7. The highest BCUT2D eigenvalue weighted by Crippen LogP contribution is 2.35. The first-order valence-electron chi connectivity index (χ1n) is 17.8. The molecule has 0 saturated carbocycles. The first kappa shape index (κ1) is 36.2. The smallest absolute Gasteiger partial charge is 0.264 e. The minimum absolute atomic E-state index is 0.0510. The number of methoxy groups -OCH3 is 1. The van der Waals surface area contributed by atoms with Gasteiger partial charge in [-0.25, -0.2) is 4.39 Å². The van der Waals surface area contributed by atoms with Crippen LogP contribution in [0.4, 0.5) is 4.39 Å². The van der Waals surface area contributed by atoms with Crippen LogP contribution in [0.2, 0.25) is 0 Å². The summed E-state index contributed by atoms with van der Waals surface area (Å²) in [4.78, 5) is 61.0. The number of hydrogen-bond acceptors (Lipinski definition) is 9. The van der Waals surface area contributed by atoms with Crippen molar-refractivity contribution in [2.75, 3.05) is 39.9 Å². The highest BCUT2D eigenvalue weighted by Gasteiger charge is 2.46. The predicted molar refractivity (Wildman–Crippen MR) is 193 cm³/mol. The fourth-order valence-corrected chi connectivity index (χ4v) is 6.94. The van der Waals surface area contributed by atoms with Crippen molar-refractivity contribution in [1.29, 1.82) is 0 Å². The molecule has 4 amide bonds. The summed E-state index contributed by atoms with van der Waals surface area (Å²) in [6.07, 6.45) is 3.82. The van der Waals surface area contributed by atoms with Crippen LogP contribution in [0.15, 0.2) is 85.2 Å². The lowest BCUT2D eigenvalue weighted by atomic mass is 9.89. The van der Waals surface area contributed by atoms with Crippen molar-refractivity contribution >= 4 is 23.6 Å². The van der Waals surface area contributed by atoms with E-state index in [1.807, 2.05) is 12.1 Å². The van der Waals surface area contributed by atoms with E-state index in [0.717, 1.165) is 5.56 Å². The summed E-state index contributed by atoms with van der Waals surface area (Å²) in [6.45, 7) is 1.52. The second-order valence-electron chi connectivity index (χ2n) is 13.5. The van der Waals surface area contributed by atoms with E-state index in [4.69, 9.17) is 18.9 Å². The molecule has 13 nitrogen and oxygen atoms in total. The van der Waals surface area contributed by atoms with Gasteiger partial charge < -0.3 is 39.4 Å². The minimum atomic E-state index is -1.36. The molecule has 4 aliphatic rings. The van der Waals surface area contributed by atoms with E-state index in [9.17, 15) is 23.6 Å². The van der Waals surface area contributed by atoms with Crippen molar-refractivity contribution in [1.82, 2.24) is 25.4 Å². The Labute approximate surface area is 311 Å². The zero-order chi connectivity index (χ0) is 37.7. The lowest BCUT2D eigenvalue weighted by Gasteiger charge is -2.41. The minimum Gasteiger partial charge on any atom is -0.493 e. The normalized spacial score (nSPS) is 18.8. The van der Waals surface area contributed by atoms with E-state index in [1.54, 1.807) is 64.7 Å². The van der Waals surface area contributed by atoms with Gasteiger partial charge in [0.15, 0.2) is 17.1 Å². The quantitative estimate of drug-likeness (QED) is 0.314. The number of piperidine rings is 1. The number of fused-ring (bicyclic) bond motifs is 8. The van der Waals surface area contributed by atoms with Gasteiger partial charge in [-0.05, 0) is 77.9 Å². The molecule has 2 saturated heterocycles. The first-order chi connectivity index (χ1) is 26.2. The van der Waals surface area contributed by atoms with Gasteiger partial charge in [-0.15, -0.1) is 0 Å². The molecule has 1 unspecified atom stereocenters. The standard InChI is InChI=1S/C40H40FN5O8/c1-51-34-7-2-28-20-35(34)53-33-19-27(18-30(41)22-33)23-44-39(50)40(54-32-5-3-31(4-6-32)52-17-14-43-37(28)48)10-15-45(16-11-40)38(49)29-21-36(47)46(25-29)24-26-8-12-42-13-9-26/h2-9,12-13,18-20,22,29H,10-11,14-17,21,23-25H2,1H3,(H,43,48)(H,44,50). The molecule has 3 aromatic carbocycles. The molecule has 0 radical (unpaired) electrons. The van der Waals surface area contributed by atoms with Crippen LogP contribution in [-0.4, -0.2) is 83.9 Å². The van der Waals surface area contributed by atoms with Crippen LogP contribution in [0.5, 0.6) is 28.7 Å². The summed E-state index contributed by atoms with van der Waals surface area (Å²) >= 11 is 0. The number of hydrogen-bond donors (Lipinski definition) is 2. The summed E-state index contributed by atoms with van der Waals surface area (Å²) in [5.41, 5.74) is 0.303. The van der Waals surface area contributed by atoms with Crippen LogP contribution in [0.3, 0.4) is 0 Å². The molecule has 14 heteroatoms. The third-order valence-corrected chi connectivity index (χ3v) is 9.81. The topological polar surface area (TPSA) is 149 Å². The van der Waals surface area contributed by atoms with E-state index in [0.29, 0.717) is 41.5 Å². The van der Waals surface area contributed by atoms with Crippen molar-refractivity contribution in [3.63, 3.8) is 0 Å². The van der Waals surface area contributed by atoms with Crippen LogP contribution in [0.25, 0.3) is 0 Å². The average molecular weight is 738 g/mol. The molecule has 0 aliphatic carbocycles.